The lowest BCUT2D eigenvalue weighted by atomic mass is 10.1. The van der Waals surface area contributed by atoms with Crippen molar-refractivity contribution in [1.29, 1.82) is 0 Å². The van der Waals surface area contributed by atoms with Crippen molar-refractivity contribution in [3.63, 3.8) is 0 Å². The average molecular weight is 226 g/mol. The Bertz CT molecular complexity index is 225. The van der Waals surface area contributed by atoms with E-state index in [4.69, 9.17) is 0 Å². The number of halogens is 3. The van der Waals surface area contributed by atoms with Crippen LogP contribution in [0.15, 0.2) is 4.99 Å². The molecule has 1 aliphatic rings. The minimum Gasteiger partial charge on any atom is -0.356 e. The molecule has 1 heterocycles. The Morgan fingerprint density at radius 2 is 2.21 bits per heavy atom. The van der Waals surface area contributed by atoms with Crippen molar-refractivity contribution in [2.45, 2.75) is 25.3 Å². The highest BCUT2D eigenvalue weighted by Gasteiger charge is 2.29. The smallest absolute Gasteiger partial charge is 0.356 e. The number of nitrogens with zero attached hydrogens (tertiary/aromatic N) is 1. The minimum atomic E-state index is -4.17. The molecule has 0 radical (unpaired) electrons. The van der Waals surface area contributed by atoms with Crippen LogP contribution in [0.1, 0.15) is 13.8 Å². The molecule has 2 nitrogen and oxygen atoms in total. The Morgan fingerprint density at radius 3 is 2.64 bits per heavy atom. The maximum absolute atomic E-state index is 11.8. The van der Waals surface area contributed by atoms with Crippen LogP contribution >= 0.6 is 11.8 Å². The molecule has 0 spiro atoms. The van der Waals surface area contributed by atoms with Crippen molar-refractivity contribution in [1.82, 2.24) is 5.32 Å². The van der Waals surface area contributed by atoms with Gasteiger partial charge in [-0.1, -0.05) is 25.6 Å². The first-order valence-corrected chi connectivity index (χ1v) is 5.28. The van der Waals surface area contributed by atoms with Crippen LogP contribution < -0.4 is 5.32 Å². The average Bonchev–Trinajstić information content (AvgIpc) is 2.47. The summed E-state index contributed by atoms with van der Waals surface area (Å²) >= 11 is 1.40. The van der Waals surface area contributed by atoms with Crippen molar-refractivity contribution < 1.29 is 13.2 Å². The zero-order chi connectivity index (χ0) is 10.8. The third-order valence-electron chi connectivity index (χ3n) is 1.86. The van der Waals surface area contributed by atoms with Crippen LogP contribution in [0.3, 0.4) is 0 Å². The molecule has 1 atom stereocenters. The Hall–Kier alpha value is -0.390. The van der Waals surface area contributed by atoms with Gasteiger partial charge in [-0.2, -0.15) is 13.2 Å². The van der Waals surface area contributed by atoms with E-state index in [1.165, 1.54) is 11.8 Å². The van der Waals surface area contributed by atoms with Gasteiger partial charge in [0, 0.05) is 5.25 Å². The topological polar surface area (TPSA) is 24.4 Å². The molecule has 0 saturated carbocycles. The molecule has 1 rings (SSSR count). The van der Waals surface area contributed by atoms with Crippen LogP contribution in [0, 0.1) is 5.92 Å². The lowest BCUT2D eigenvalue weighted by Gasteiger charge is -2.12. The fraction of sp³-hybridized carbons (Fsp3) is 0.875. The molecule has 1 aliphatic heterocycles. The lowest BCUT2D eigenvalue weighted by Crippen LogP contribution is -2.31. The van der Waals surface area contributed by atoms with E-state index >= 15 is 0 Å². The fourth-order valence-electron chi connectivity index (χ4n) is 1.01. The van der Waals surface area contributed by atoms with Gasteiger partial charge in [0.25, 0.3) is 0 Å². The molecule has 0 aromatic rings. The van der Waals surface area contributed by atoms with Gasteiger partial charge >= 0.3 is 6.18 Å². The Kier molecular flexibility index (Phi) is 3.69. The summed E-state index contributed by atoms with van der Waals surface area (Å²) in [6.45, 7) is 3.70. The monoisotopic (exact) mass is 226 g/mol. The molecule has 0 bridgehead atoms. The van der Waals surface area contributed by atoms with Crippen molar-refractivity contribution >= 4 is 16.9 Å². The number of thioether (sulfide) groups is 1. The first-order valence-electron chi connectivity index (χ1n) is 4.40. The van der Waals surface area contributed by atoms with E-state index in [1.54, 1.807) is 0 Å². The molecule has 82 valence electrons. The van der Waals surface area contributed by atoms with Gasteiger partial charge in [0.15, 0.2) is 5.17 Å². The van der Waals surface area contributed by atoms with Gasteiger partial charge in [0.2, 0.25) is 0 Å². The van der Waals surface area contributed by atoms with Crippen LogP contribution in [0.25, 0.3) is 0 Å². The first-order chi connectivity index (χ1) is 6.38. The highest BCUT2D eigenvalue weighted by molar-refractivity contribution is 8.14. The molecular weight excluding hydrogens is 213 g/mol. The molecule has 0 fully saturated rings. The molecule has 14 heavy (non-hydrogen) atoms. The van der Waals surface area contributed by atoms with E-state index in [-0.39, 0.29) is 0 Å². The SMILES string of the molecule is CC(C)C1CN=C(NCC(F)(F)F)S1. The van der Waals surface area contributed by atoms with Crippen molar-refractivity contribution in [2.75, 3.05) is 13.1 Å². The largest absolute Gasteiger partial charge is 0.405 e. The summed E-state index contributed by atoms with van der Waals surface area (Å²) in [7, 11) is 0. The van der Waals surface area contributed by atoms with Gasteiger partial charge in [0.05, 0.1) is 6.54 Å². The van der Waals surface area contributed by atoms with Crippen LogP contribution in [-0.4, -0.2) is 29.7 Å². The summed E-state index contributed by atoms with van der Waals surface area (Å²) in [5.41, 5.74) is 0. The Balaban J connectivity index is 2.29. The van der Waals surface area contributed by atoms with E-state index < -0.39 is 12.7 Å². The van der Waals surface area contributed by atoms with Gasteiger partial charge in [-0.05, 0) is 5.92 Å². The number of hydrogen-bond acceptors (Lipinski definition) is 3. The van der Waals surface area contributed by atoms with Crippen LogP contribution in [-0.2, 0) is 0 Å². The van der Waals surface area contributed by atoms with E-state index in [2.05, 4.69) is 10.3 Å². The predicted molar refractivity (Wildman–Crippen MR) is 52.6 cm³/mol. The van der Waals surface area contributed by atoms with Gasteiger partial charge in [-0.25, -0.2) is 0 Å². The Labute approximate surface area is 85.4 Å². The lowest BCUT2D eigenvalue weighted by molar-refractivity contribution is -0.121. The van der Waals surface area contributed by atoms with Gasteiger partial charge in [-0.3, -0.25) is 4.99 Å². The second-order valence-corrected chi connectivity index (χ2v) is 4.74. The van der Waals surface area contributed by atoms with E-state index in [0.717, 1.165) is 0 Å². The molecular formula is C8H13F3N2S. The number of nitrogens with one attached hydrogen (secondary N) is 1. The maximum Gasteiger partial charge on any atom is 0.405 e. The summed E-state index contributed by atoms with van der Waals surface area (Å²) in [5.74, 6) is 0.439. The van der Waals surface area contributed by atoms with Crippen LogP contribution in [0.5, 0.6) is 0 Å². The molecule has 0 aliphatic carbocycles. The summed E-state index contributed by atoms with van der Waals surface area (Å²) < 4.78 is 35.5. The third kappa shape index (κ3) is 3.77. The quantitative estimate of drug-likeness (QED) is 0.781. The van der Waals surface area contributed by atoms with Gasteiger partial charge in [0.1, 0.15) is 6.54 Å². The number of amidine groups is 1. The number of aliphatic imine (C=N–C) groups is 1. The fourth-order valence-corrected chi connectivity index (χ4v) is 2.02. The zero-order valence-corrected chi connectivity index (χ0v) is 8.87. The summed E-state index contributed by atoms with van der Waals surface area (Å²) in [4.78, 5) is 4.01. The molecule has 0 amide bonds. The van der Waals surface area contributed by atoms with E-state index in [1.807, 2.05) is 13.8 Å². The molecule has 1 N–H and O–H groups in total. The molecule has 0 aromatic carbocycles. The summed E-state index contributed by atoms with van der Waals surface area (Å²) in [6.07, 6.45) is -4.17. The highest BCUT2D eigenvalue weighted by Crippen LogP contribution is 2.26. The van der Waals surface area contributed by atoms with E-state index in [9.17, 15) is 13.2 Å². The number of alkyl halides is 3. The maximum atomic E-state index is 11.8. The predicted octanol–water partition coefficient (Wildman–Crippen LogP) is 2.27. The van der Waals surface area contributed by atoms with Crippen molar-refractivity contribution in [3.05, 3.63) is 0 Å². The van der Waals surface area contributed by atoms with Crippen molar-refractivity contribution in [3.8, 4) is 0 Å². The summed E-state index contributed by atoms with van der Waals surface area (Å²) in [5, 5.41) is 3.02. The number of rotatable bonds is 2. The normalized spacial score (nSPS) is 22.7. The third-order valence-corrected chi connectivity index (χ3v) is 3.35. The minimum absolute atomic E-state index is 0.311. The second kappa shape index (κ2) is 4.42. The first kappa shape index (κ1) is 11.7. The highest BCUT2D eigenvalue weighted by atomic mass is 32.2. The molecule has 1 unspecified atom stereocenters. The standard InChI is InChI=1S/C8H13F3N2S/c1-5(2)6-3-12-7(14-6)13-4-8(9,10)11/h5-6H,3-4H2,1-2H3,(H,12,13). The van der Waals surface area contributed by atoms with E-state index in [0.29, 0.717) is 22.9 Å². The van der Waals surface area contributed by atoms with Gasteiger partial charge < -0.3 is 5.32 Å². The molecule has 0 saturated heterocycles. The zero-order valence-electron chi connectivity index (χ0n) is 8.06. The summed E-state index contributed by atoms with van der Waals surface area (Å²) in [6, 6.07) is 0. The molecule has 0 aromatic heterocycles. The number of hydrogen-bond donors (Lipinski definition) is 1. The Morgan fingerprint density at radius 1 is 1.57 bits per heavy atom. The second-order valence-electron chi connectivity index (χ2n) is 3.51. The van der Waals surface area contributed by atoms with Gasteiger partial charge in [-0.15, -0.1) is 0 Å². The van der Waals surface area contributed by atoms with Crippen LogP contribution in [0.2, 0.25) is 0 Å². The van der Waals surface area contributed by atoms with Crippen LogP contribution in [0.4, 0.5) is 13.2 Å². The van der Waals surface area contributed by atoms with Crippen molar-refractivity contribution in [2.24, 2.45) is 10.9 Å². The molecule has 6 heteroatoms.